The van der Waals surface area contributed by atoms with Gasteiger partial charge in [-0.25, -0.2) is 0 Å². The minimum absolute atomic E-state index is 0.0640. The van der Waals surface area contributed by atoms with Crippen molar-refractivity contribution in [1.29, 1.82) is 0 Å². The summed E-state index contributed by atoms with van der Waals surface area (Å²) in [6.07, 6.45) is 0.973. The van der Waals surface area contributed by atoms with Gasteiger partial charge in [0.05, 0.1) is 18.3 Å². The molecule has 1 atom stereocenters. The molecule has 0 saturated carbocycles. The lowest BCUT2D eigenvalue weighted by Crippen LogP contribution is -2.54. The molecule has 1 heterocycles. The Bertz CT molecular complexity index is 499. The van der Waals surface area contributed by atoms with Crippen LogP contribution in [0.5, 0.6) is 5.75 Å². The summed E-state index contributed by atoms with van der Waals surface area (Å²) in [6, 6.07) is 8.12. The second kappa shape index (κ2) is 8.77. The second-order valence-corrected chi connectivity index (χ2v) is 5.89. The Balaban J connectivity index is 1.92. The van der Waals surface area contributed by atoms with Crippen molar-refractivity contribution in [3.8, 4) is 5.75 Å². The molecule has 0 radical (unpaired) electrons. The molecule has 5 nitrogen and oxygen atoms in total. The predicted octanol–water partition coefficient (Wildman–Crippen LogP) is 2.12. The minimum Gasteiger partial charge on any atom is -0.492 e. The minimum atomic E-state index is -0.0640. The van der Waals surface area contributed by atoms with Gasteiger partial charge in [-0.15, -0.1) is 0 Å². The molecule has 0 aliphatic carbocycles. The zero-order valence-electron chi connectivity index (χ0n) is 14.5. The lowest BCUT2D eigenvalue weighted by atomic mass is 10.2. The third-order valence-corrected chi connectivity index (χ3v) is 4.30. The standard InChI is InChI=1S/C18H29N3O2/c1-4-10-19-18(22)15(3)20-11-13-21(14-12-20)16-8-6-7-9-17(16)23-5-2/h6-9,15H,4-5,10-14H2,1-3H3,(H,19,22)/t15-/m1/s1. The lowest BCUT2D eigenvalue weighted by Gasteiger charge is -2.39. The Labute approximate surface area is 139 Å². The first-order chi connectivity index (χ1) is 11.2. The quantitative estimate of drug-likeness (QED) is 0.836. The molecule has 1 aromatic rings. The molecular weight excluding hydrogens is 290 g/mol. The Hall–Kier alpha value is -1.75. The van der Waals surface area contributed by atoms with Gasteiger partial charge in [0.2, 0.25) is 5.91 Å². The van der Waals surface area contributed by atoms with E-state index in [4.69, 9.17) is 4.74 Å². The average Bonchev–Trinajstić information content (AvgIpc) is 2.60. The summed E-state index contributed by atoms with van der Waals surface area (Å²) in [5, 5.41) is 2.98. The third-order valence-electron chi connectivity index (χ3n) is 4.30. The lowest BCUT2D eigenvalue weighted by molar-refractivity contribution is -0.126. The molecule has 128 valence electrons. The number of rotatable bonds is 7. The van der Waals surface area contributed by atoms with Crippen LogP contribution in [0.15, 0.2) is 24.3 Å². The van der Waals surface area contributed by atoms with Gasteiger partial charge in [-0.05, 0) is 32.4 Å². The number of hydrogen-bond donors (Lipinski definition) is 1. The summed E-state index contributed by atoms with van der Waals surface area (Å²) >= 11 is 0. The highest BCUT2D eigenvalue weighted by Crippen LogP contribution is 2.29. The van der Waals surface area contributed by atoms with Crippen molar-refractivity contribution in [1.82, 2.24) is 10.2 Å². The van der Waals surface area contributed by atoms with Gasteiger partial charge in [-0.1, -0.05) is 19.1 Å². The molecule has 1 N–H and O–H groups in total. The fourth-order valence-corrected chi connectivity index (χ4v) is 2.91. The summed E-state index contributed by atoms with van der Waals surface area (Å²) in [5.41, 5.74) is 1.15. The van der Waals surface area contributed by atoms with Crippen LogP contribution in [0.2, 0.25) is 0 Å². The molecule has 23 heavy (non-hydrogen) atoms. The second-order valence-electron chi connectivity index (χ2n) is 5.89. The molecule has 1 aliphatic rings. The Kier molecular flexibility index (Phi) is 6.71. The van der Waals surface area contributed by atoms with Crippen LogP contribution in [0, 0.1) is 0 Å². The van der Waals surface area contributed by atoms with Crippen LogP contribution >= 0.6 is 0 Å². The number of nitrogens with zero attached hydrogens (tertiary/aromatic N) is 2. The topological polar surface area (TPSA) is 44.8 Å². The maximum atomic E-state index is 12.1. The van der Waals surface area contributed by atoms with Gasteiger partial charge < -0.3 is 15.0 Å². The number of ether oxygens (including phenoxy) is 1. The van der Waals surface area contributed by atoms with Crippen LogP contribution in [-0.2, 0) is 4.79 Å². The summed E-state index contributed by atoms with van der Waals surface area (Å²) in [5.74, 6) is 1.08. The van der Waals surface area contributed by atoms with Crippen LogP contribution in [0.25, 0.3) is 0 Å². The van der Waals surface area contributed by atoms with Gasteiger partial charge >= 0.3 is 0 Å². The fourth-order valence-electron chi connectivity index (χ4n) is 2.91. The fraction of sp³-hybridized carbons (Fsp3) is 0.611. The molecule has 1 saturated heterocycles. The van der Waals surface area contributed by atoms with E-state index in [-0.39, 0.29) is 11.9 Å². The van der Waals surface area contributed by atoms with E-state index >= 15 is 0 Å². The molecular formula is C18H29N3O2. The van der Waals surface area contributed by atoms with Gasteiger partial charge in [0, 0.05) is 32.7 Å². The predicted molar refractivity (Wildman–Crippen MR) is 94.2 cm³/mol. The van der Waals surface area contributed by atoms with E-state index in [1.54, 1.807) is 0 Å². The van der Waals surface area contributed by atoms with Crippen molar-refractivity contribution in [3.05, 3.63) is 24.3 Å². The van der Waals surface area contributed by atoms with Gasteiger partial charge in [-0.2, -0.15) is 0 Å². The Morgan fingerprint density at radius 2 is 1.91 bits per heavy atom. The van der Waals surface area contributed by atoms with Crippen LogP contribution in [0.3, 0.4) is 0 Å². The number of amides is 1. The zero-order valence-corrected chi connectivity index (χ0v) is 14.5. The number of nitrogens with one attached hydrogen (secondary N) is 1. The van der Waals surface area contributed by atoms with Crippen molar-refractivity contribution in [3.63, 3.8) is 0 Å². The monoisotopic (exact) mass is 319 g/mol. The molecule has 5 heteroatoms. The van der Waals surface area contributed by atoms with E-state index in [0.717, 1.165) is 50.6 Å². The highest BCUT2D eigenvalue weighted by molar-refractivity contribution is 5.81. The first-order valence-corrected chi connectivity index (χ1v) is 8.65. The average molecular weight is 319 g/mol. The van der Waals surface area contributed by atoms with Crippen molar-refractivity contribution >= 4 is 11.6 Å². The van der Waals surface area contributed by atoms with E-state index < -0.39 is 0 Å². The van der Waals surface area contributed by atoms with Crippen LogP contribution < -0.4 is 15.0 Å². The van der Waals surface area contributed by atoms with Gasteiger partial charge in [0.15, 0.2) is 0 Å². The van der Waals surface area contributed by atoms with Crippen molar-refractivity contribution in [2.75, 3.05) is 44.2 Å². The summed E-state index contributed by atoms with van der Waals surface area (Å²) in [6.45, 7) is 11.1. The van der Waals surface area contributed by atoms with Crippen LogP contribution in [0.1, 0.15) is 27.2 Å². The summed E-state index contributed by atoms with van der Waals surface area (Å²) < 4.78 is 5.73. The molecule has 0 bridgehead atoms. The Morgan fingerprint density at radius 3 is 2.57 bits per heavy atom. The largest absolute Gasteiger partial charge is 0.492 e. The normalized spacial score (nSPS) is 16.9. The number of piperazine rings is 1. The molecule has 0 unspecified atom stereocenters. The molecule has 0 aromatic heterocycles. The van der Waals surface area contributed by atoms with Crippen molar-refractivity contribution < 1.29 is 9.53 Å². The first kappa shape index (κ1) is 17.6. The van der Waals surface area contributed by atoms with Gasteiger partial charge in [-0.3, -0.25) is 9.69 Å². The highest BCUT2D eigenvalue weighted by Gasteiger charge is 2.26. The van der Waals surface area contributed by atoms with E-state index in [0.29, 0.717) is 6.61 Å². The first-order valence-electron chi connectivity index (χ1n) is 8.65. The number of carbonyl (C=O) groups is 1. The summed E-state index contributed by atoms with van der Waals surface area (Å²) in [7, 11) is 0. The van der Waals surface area contributed by atoms with Gasteiger partial charge in [0.25, 0.3) is 0 Å². The zero-order chi connectivity index (χ0) is 16.7. The molecule has 0 spiro atoms. The number of anilines is 1. The Morgan fingerprint density at radius 1 is 1.22 bits per heavy atom. The van der Waals surface area contributed by atoms with Crippen molar-refractivity contribution in [2.45, 2.75) is 33.2 Å². The van der Waals surface area contributed by atoms with Gasteiger partial charge in [0.1, 0.15) is 5.75 Å². The van der Waals surface area contributed by atoms with Crippen LogP contribution in [0.4, 0.5) is 5.69 Å². The van der Waals surface area contributed by atoms with Crippen LogP contribution in [-0.4, -0.2) is 56.2 Å². The summed E-state index contributed by atoms with van der Waals surface area (Å²) in [4.78, 5) is 16.7. The van der Waals surface area contributed by atoms with E-state index in [2.05, 4.69) is 28.1 Å². The molecule has 2 rings (SSSR count). The number of carbonyl (C=O) groups excluding carboxylic acids is 1. The SMILES string of the molecule is CCCNC(=O)[C@@H](C)N1CCN(c2ccccc2OCC)CC1. The van der Waals surface area contributed by atoms with Crippen molar-refractivity contribution in [2.24, 2.45) is 0 Å². The maximum Gasteiger partial charge on any atom is 0.237 e. The van der Waals surface area contributed by atoms with E-state index in [1.165, 1.54) is 0 Å². The smallest absolute Gasteiger partial charge is 0.237 e. The van der Waals surface area contributed by atoms with E-state index in [9.17, 15) is 4.79 Å². The molecule has 1 fully saturated rings. The molecule has 1 amide bonds. The maximum absolute atomic E-state index is 12.1. The number of benzene rings is 1. The third kappa shape index (κ3) is 4.61. The molecule has 1 aliphatic heterocycles. The highest BCUT2D eigenvalue weighted by atomic mass is 16.5. The number of para-hydroxylation sites is 2. The molecule has 1 aromatic carbocycles. The van der Waals surface area contributed by atoms with E-state index in [1.807, 2.05) is 32.0 Å². The number of hydrogen-bond acceptors (Lipinski definition) is 4.